The molecular formula is C22H25ClFN3O4. The Kier molecular flexibility index (Phi) is 8.22. The van der Waals surface area contributed by atoms with Crippen molar-refractivity contribution >= 4 is 29.2 Å². The number of hydrogen-bond donors (Lipinski definition) is 4. The summed E-state index contributed by atoms with van der Waals surface area (Å²) in [5.41, 5.74) is 0.596. The Bertz CT molecular complexity index is 897. The molecule has 166 valence electrons. The highest BCUT2D eigenvalue weighted by Gasteiger charge is 2.31. The molecule has 31 heavy (non-hydrogen) atoms. The van der Waals surface area contributed by atoms with Crippen LogP contribution in [0.3, 0.4) is 0 Å². The zero-order valence-corrected chi connectivity index (χ0v) is 17.6. The first-order valence-corrected chi connectivity index (χ1v) is 10.5. The van der Waals surface area contributed by atoms with Crippen LogP contribution in [0, 0.1) is 5.82 Å². The van der Waals surface area contributed by atoms with Crippen molar-refractivity contribution < 1.29 is 23.8 Å². The molecule has 4 N–H and O–H groups in total. The number of carbonyl (C=O) groups excluding carboxylic acids is 2. The fourth-order valence-corrected chi connectivity index (χ4v) is 3.59. The molecule has 0 aliphatic carbocycles. The molecule has 2 aromatic rings. The molecule has 0 bridgehead atoms. The Hall–Kier alpha value is -2.68. The van der Waals surface area contributed by atoms with Gasteiger partial charge >= 0.3 is 6.03 Å². The summed E-state index contributed by atoms with van der Waals surface area (Å²) in [6.45, 7) is 0.0646. The Morgan fingerprint density at radius 1 is 1.13 bits per heavy atom. The highest BCUT2D eigenvalue weighted by Crippen LogP contribution is 2.22. The normalized spacial score (nSPS) is 20.7. The van der Waals surface area contributed by atoms with Gasteiger partial charge < -0.3 is 25.8 Å². The summed E-state index contributed by atoms with van der Waals surface area (Å²) in [5.74, 6) is -1.05. The molecular weight excluding hydrogens is 425 g/mol. The number of urea groups is 1. The largest absolute Gasteiger partial charge is 0.394 e. The molecule has 3 amide bonds. The number of benzene rings is 2. The fraction of sp³-hybridized carbons (Fsp3) is 0.364. The smallest absolute Gasteiger partial charge is 0.319 e. The van der Waals surface area contributed by atoms with E-state index in [1.165, 1.54) is 18.2 Å². The molecule has 1 aliphatic heterocycles. The molecule has 1 heterocycles. The Labute approximate surface area is 184 Å². The van der Waals surface area contributed by atoms with E-state index >= 15 is 0 Å². The minimum absolute atomic E-state index is 0.00346. The van der Waals surface area contributed by atoms with E-state index in [9.17, 15) is 19.1 Å². The number of halogens is 2. The molecule has 0 radical (unpaired) electrons. The topological polar surface area (TPSA) is 99.7 Å². The van der Waals surface area contributed by atoms with Crippen molar-refractivity contribution in [3.63, 3.8) is 0 Å². The minimum Gasteiger partial charge on any atom is -0.394 e. The highest BCUT2D eigenvalue weighted by molar-refractivity contribution is 6.30. The van der Waals surface area contributed by atoms with Gasteiger partial charge in [-0.15, -0.1) is 0 Å². The molecule has 3 rings (SSSR count). The van der Waals surface area contributed by atoms with Crippen molar-refractivity contribution in [3.05, 3.63) is 64.9 Å². The maximum atomic E-state index is 13.7. The zero-order valence-electron chi connectivity index (χ0n) is 16.8. The fourth-order valence-electron chi connectivity index (χ4n) is 3.47. The molecule has 3 atom stereocenters. The van der Waals surface area contributed by atoms with Gasteiger partial charge in [-0.1, -0.05) is 23.7 Å². The average Bonchev–Trinajstić information content (AvgIpc) is 2.76. The first-order valence-electron chi connectivity index (χ1n) is 10.1. The molecule has 1 aliphatic rings. The second kappa shape index (κ2) is 11.1. The predicted molar refractivity (Wildman–Crippen MR) is 116 cm³/mol. The first kappa shape index (κ1) is 23.0. The van der Waals surface area contributed by atoms with Crippen molar-refractivity contribution in [1.82, 2.24) is 10.6 Å². The standard InChI is InChI=1S/C22H25ClFN3O4/c23-14-5-7-15(8-6-14)26-22(30)27-19-10-9-16(31-20(19)13-28)11-12-25-21(29)17-3-1-2-4-18(17)24/h1-8,16,19-20,28H,9-13H2,(H,25,29)(H2,26,27,30)/t16-,19+,20+/m1/s1. The summed E-state index contributed by atoms with van der Waals surface area (Å²) in [5, 5.41) is 18.5. The van der Waals surface area contributed by atoms with Crippen molar-refractivity contribution in [2.24, 2.45) is 0 Å². The Morgan fingerprint density at radius 2 is 1.87 bits per heavy atom. The number of carbonyl (C=O) groups is 2. The molecule has 9 heteroatoms. The average molecular weight is 450 g/mol. The van der Waals surface area contributed by atoms with Crippen LogP contribution in [-0.4, -0.2) is 48.4 Å². The maximum absolute atomic E-state index is 13.7. The molecule has 7 nitrogen and oxygen atoms in total. The van der Waals surface area contributed by atoms with Gasteiger partial charge in [-0.2, -0.15) is 0 Å². The molecule has 1 saturated heterocycles. The quantitative estimate of drug-likeness (QED) is 0.521. The molecule has 1 fully saturated rings. The van der Waals surface area contributed by atoms with Gasteiger partial charge in [0.25, 0.3) is 5.91 Å². The lowest BCUT2D eigenvalue weighted by Gasteiger charge is -2.36. The zero-order chi connectivity index (χ0) is 22.2. The second-order valence-electron chi connectivity index (χ2n) is 7.29. The van der Waals surface area contributed by atoms with E-state index < -0.39 is 23.9 Å². The van der Waals surface area contributed by atoms with Crippen LogP contribution in [0.1, 0.15) is 29.6 Å². The van der Waals surface area contributed by atoms with Gasteiger partial charge in [0.15, 0.2) is 0 Å². The van der Waals surface area contributed by atoms with Gasteiger partial charge in [0.05, 0.1) is 24.3 Å². The van der Waals surface area contributed by atoms with Crippen LogP contribution in [0.4, 0.5) is 14.9 Å². The van der Waals surface area contributed by atoms with Crippen LogP contribution in [0.25, 0.3) is 0 Å². The van der Waals surface area contributed by atoms with Crippen LogP contribution in [-0.2, 0) is 4.74 Å². The van der Waals surface area contributed by atoms with Crippen molar-refractivity contribution in [2.75, 3.05) is 18.5 Å². The van der Waals surface area contributed by atoms with Gasteiger partial charge in [0.2, 0.25) is 0 Å². The summed E-state index contributed by atoms with van der Waals surface area (Å²) in [6.07, 6.45) is 1.04. The molecule has 0 unspecified atom stereocenters. The van der Waals surface area contributed by atoms with Gasteiger partial charge in [-0.25, -0.2) is 9.18 Å². The Morgan fingerprint density at radius 3 is 2.58 bits per heavy atom. The number of amides is 3. The number of aliphatic hydroxyl groups excluding tert-OH is 1. The van der Waals surface area contributed by atoms with Crippen LogP contribution >= 0.6 is 11.6 Å². The summed E-state index contributed by atoms with van der Waals surface area (Å²) in [6, 6.07) is 11.8. The van der Waals surface area contributed by atoms with Crippen LogP contribution in [0.5, 0.6) is 0 Å². The van der Waals surface area contributed by atoms with Gasteiger partial charge in [0, 0.05) is 17.3 Å². The summed E-state index contributed by atoms with van der Waals surface area (Å²) in [7, 11) is 0. The number of nitrogens with one attached hydrogen (secondary N) is 3. The highest BCUT2D eigenvalue weighted by atomic mass is 35.5. The number of aliphatic hydroxyl groups is 1. The van der Waals surface area contributed by atoms with E-state index in [0.29, 0.717) is 36.5 Å². The molecule has 0 spiro atoms. The third kappa shape index (κ3) is 6.65. The van der Waals surface area contributed by atoms with Gasteiger partial charge in [-0.3, -0.25) is 4.79 Å². The summed E-state index contributed by atoms with van der Waals surface area (Å²) >= 11 is 5.83. The third-order valence-electron chi connectivity index (χ3n) is 5.08. The van der Waals surface area contributed by atoms with E-state index in [4.69, 9.17) is 16.3 Å². The minimum atomic E-state index is -0.569. The molecule has 2 aromatic carbocycles. The van der Waals surface area contributed by atoms with Crippen molar-refractivity contribution in [2.45, 2.75) is 37.5 Å². The maximum Gasteiger partial charge on any atom is 0.319 e. The predicted octanol–water partition coefficient (Wildman–Crippen LogP) is 3.33. The van der Waals surface area contributed by atoms with E-state index in [1.807, 2.05) is 0 Å². The SMILES string of the molecule is O=C(Nc1ccc(Cl)cc1)N[C@H]1CC[C@H](CCNC(=O)c2ccccc2F)O[C@H]1CO. The number of rotatable bonds is 7. The van der Waals surface area contributed by atoms with E-state index in [1.54, 1.807) is 30.3 Å². The van der Waals surface area contributed by atoms with Crippen LogP contribution < -0.4 is 16.0 Å². The lowest BCUT2D eigenvalue weighted by atomic mass is 9.97. The van der Waals surface area contributed by atoms with E-state index in [0.717, 1.165) is 0 Å². The van der Waals surface area contributed by atoms with Crippen molar-refractivity contribution in [1.29, 1.82) is 0 Å². The number of ether oxygens (including phenoxy) is 1. The third-order valence-corrected chi connectivity index (χ3v) is 5.34. The molecule has 0 aromatic heterocycles. The number of hydrogen-bond acceptors (Lipinski definition) is 4. The van der Waals surface area contributed by atoms with Gasteiger partial charge in [-0.05, 0) is 55.7 Å². The lowest BCUT2D eigenvalue weighted by Crippen LogP contribution is -2.52. The molecule has 0 saturated carbocycles. The number of anilines is 1. The Balaban J connectivity index is 1.43. The van der Waals surface area contributed by atoms with E-state index in [2.05, 4.69) is 16.0 Å². The summed E-state index contributed by atoms with van der Waals surface area (Å²) < 4.78 is 19.6. The van der Waals surface area contributed by atoms with Gasteiger partial charge in [0.1, 0.15) is 11.9 Å². The van der Waals surface area contributed by atoms with Crippen LogP contribution in [0.15, 0.2) is 48.5 Å². The first-order chi connectivity index (χ1) is 15.0. The summed E-state index contributed by atoms with van der Waals surface area (Å²) in [4.78, 5) is 24.3. The second-order valence-corrected chi connectivity index (χ2v) is 7.73. The van der Waals surface area contributed by atoms with E-state index in [-0.39, 0.29) is 24.3 Å². The van der Waals surface area contributed by atoms with Crippen molar-refractivity contribution in [3.8, 4) is 0 Å². The monoisotopic (exact) mass is 449 g/mol. The lowest BCUT2D eigenvalue weighted by molar-refractivity contribution is -0.0886. The van der Waals surface area contributed by atoms with Crippen LogP contribution in [0.2, 0.25) is 5.02 Å².